The molecular formula is C17H17N5O3. The van der Waals surface area contributed by atoms with Crippen LogP contribution in [0.2, 0.25) is 0 Å². The van der Waals surface area contributed by atoms with Gasteiger partial charge in [0.05, 0.1) is 0 Å². The van der Waals surface area contributed by atoms with E-state index in [1.54, 1.807) is 6.07 Å². The van der Waals surface area contributed by atoms with E-state index in [9.17, 15) is 14.7 Å². The number of aromatic amines is 1. The lowest BCUT2D eigenvalue weighted by Crippen LogP contribution is -2.32. The highest BCUT2D eigenvalue weighted by molar-refractivity contribution is 5.73. The first-order valence-corrected chi connectivity index (χ1v) is 8.31. The van der Waals surface area contributed by atoms with E-state index < -0.39 is 16.6 Å². The van der Waals surface area contributed by atoms with Gasteiger partial charge in [0.25, 0.3) is 10.9 Å². The smallest absolute Gasteiger partial charge is 0.271 e. The number of benzene rings is 1. The third-order valence-corrected chi connectivity index (χ3v) is 4.79. The number of tetrazole rings is 1. The highest BCUT2D eigenvalue weighted by atomic mass is 16.3. The standard InChI is InChI=1S/C17H17N5O3/c23-14-13(15(24)16(14)25)18-12-7-10(9-4-2-1-3-5-9)6-11(8-12)17-19-21-22-20-17/h6-9,18,23H,1-5H2,(H,19,20,21,22). The number of hydrogen-bond donors (Lipinski definition) is 3. The van der Waals surface area contributed by atoms with Crippen molar-refractivity contribution in [2.45, 2.75) is 38.0 Å². The molecule has 1 fully saturated rings. The molecule has 1 aliphatic carbocycles. The summed E-state index contributed by atoms with van der Waals surface area (Å²) in [6, 6.07) is 5.76. The van der Waals surface area contributed by atoms with Crippen molar-refractivity contribution in [2.24, 2.45) is 0 Å². The fraction of sp³-hybridized carbons (Fsp3) is 0.353. The quantitative estimate of drug-likeness (QED) is 0.621. The minimum Gasteiger partial charge on any atom is -0.502 e. The zero-order chi connectivity index (χ0) is 17.4. The molecule has 3 aromatic rings. The third-order valence-electron chi connectivity index (χ3n) is 4.79. The van der Waals surface area contributed by atoms with Gasteiger partial charge in [-0.3, -0.25) is 9.59 Å². The lowest BCUT2D eigenvalue weighted by Gasteiger charge is -2.23. The monoisotopic (exact) mass is 339 g/mol. The molecule has 25 heavy (non-hydrogen) atoms. The van der Waals surface area contributed by atoms with Crippen LogP contribution in [-0.2, 0) is 0 Å². The number of aromatic nitrogens is 4. The molecule has 8 nitrogen and oxygen atoms in total. The summed E-state index contributed by atoms with van der Waals surface area (Å²) >= 11 is 0. The fourth-order valence-electron chi connectivity index (χ4n) is 3.45. The van der Waals surface area contributed by atoms with Crippen LogP contribution in [0.1, 0.15) is 43.6 Å². The molecule has 0 unspecified atom stereocenters. The number of H-pyrrole nitrogens is 1. The van der Waals surface area contributed by atoms with Crippen molar-refractivity contribution < 1.29 is 5.11 Å². The summed E-state index contributed by atoms with van der Waals surface area (Å²) in [5.41, 5.74) is 0.876. The van der Waals surface area contributed by atoms with Crippen molar-refractivity contribution in [1.82, 2.24) is 20.6 Å². The summed E-state index contributed by atoms with van der Waals surface area (Å²) in [6.45, 7) is 0. The van der Waals surface area contributed by atoms with Crippen LogP contribution in [0.15, 0.2) is 27.8 Å². The van der Waals surface area contributed by atoms with Crippen molar-refractivity contribution in [3.63, 3.8) is 0 Å². The van der Waals surface area contributed by atoms with Crippen LogP contribution in [-0.4, -0.2) is 25.7 Å². The zero-order valence-electron chi connectivity index (χ0n) is 13.5. The minimum absolute atomic E-state index is 0.0649. The first kappa shape index (κ1) is 15.5. The van der Waals surface area contributed by atoms with Crippen molar-refractivity contribution in [3.8, 4) is 17.1 Å². The normalized spacial score (nSPS) is 15.5. The molecule has 4 rings (SSSR count). The molecule has 1 saturated carbocycles. The summed E-state index contributed by atoms with van der Waals surface area (Å²) in [6.07, 6.45) is 5.86. The molecule has 1 heterocycles. The van der Waals surface area contributed by atoms with Gasteiger partial charge in [0.1, 0.15) is 5.69 Å². The molecule has 0 aliphatic heterocycles. The maximum absolute atomic E-state index is 11.6. The maximum Gasteiger partial charge on any atom is 0.271 e. The molecule has 0 saturated heterocycles. The Labute approximate surface area is 142 Å². The Morgan fingerprint density at radius 1 is 1.08 bits per heavy atom. The molecule has 0 spiro atoms. The molecular weight excluding hydrogens is 322 g/mol. The van der Waals surface area contributed by atoms with E-state index >= 15 is 0 Å². The lowest BCUT2D eigenvalue weighted by atomic mass is 9.83. The fourth-order valence-corrected chi connectivity index (χ4v) is 3.45. The SMILES string of the molecule is O=c1c(O)c(Nc2cc(-c3nn[nH]n3)cc(C3CCCCC3)c2)c1=O. The first-order valence-electron chi connectivity index (χ1n) is 8.31. The van der Waals surface area contributed by atoms with E-state index in [0.717, 1.165) is 24.0 Å². The van der Waals surface area contributed by atoms with Gasteiger partial charge < -0.3 is 10.4 Å². The molecule has 0 radical (unpaired) electrons. The molecule has 2 aromatic carbocycles. The highest BCUT2D eigenvalue weighted by Gasteiger charge is 2.22. The van der Waals surface area contributed by atoms with Gasteiger partial charge in [-0.2, -0.15) is 5.21 Å². The number of aromatic hydroxyl groups is 1. The van der Waals surface area contributed by atoms with E-state index in [1.807, 2.05) is 12.1 Å². The van der Waals surface area contributed by atoms with Crippen LogP contribution in [0.4, 0.5) is 11.4 Å². The van der Waals surface area contributed by atoms with Crippen LogP contribution >= 0.6 is 0 Å². The third kappa shape index (κ3) is 2.79. The summed E-state index contributed by atoms with van der Waals surface area (Å²) in [5.74, 6) is 0.367. The van der Waals surface area contributed by atoms with Crippen LogP contribution in [0, 0.1) is 0 Å². The van der Waals surface area contributed by atoms with Crippen molar-refractivity contribution in [2.75, 3.05) is 5.32 Å². The average Bonchev–Trinajstić information content (AvgIpc) is 3.20. The molecule has 0 atom stereocenters. The number of nitrogens with one attached hydrogen (secondary N) is 2. The second-order valence-electron chi connectivity index (χ2n) is 6.42. The van der Waals surface area contributed by atoms with Gasteiger partial charge in [0.15, 0.2) is 5.75 Å². The number of nitrogens with zero attached hydrogens (tertiary/aromatic N) is 3. The van der Waals surface area contributed by atoms with Crippen LogP contribution in [0.5, 0.6) is 5.75 Å². The zero-order valence-corrected chi connectivity index (χ0v) is 13.5. The Kier molecular flexibility index (Phi) is 3.79. The van der Waals surface area contributed by atoms with E-state index in [0.29, 0.717) is 17.4 Å². The van der Waals surface area contributed by atoms with Gasteiger partial charge in [0.2, 0.25) is 5.82 Å². The summed E-state index contributed by atoms with van der Waals surface area (Å²) in [5, 5.41) is 26.5. The average molecular weight is 339 g/mol. The molecule has 1 aromatic heterocycles. The molecule has 8 heteroatoms. The molecule has 0 amide bonds. The summed E-state index contributed by atoms with van der Waals surface area (Å²) < 4.78 is 0. The second-order valence-corrected chi connectivity index (χ2v) is 6.42. The number of hydrogen-bond acceptors (Lipinski definition) is 7. The van der Waals surface area contributed by atoms with Crippen molar-refractivity contribution in [1.29, 1.82) is 0 Å². The van der Waals surface area contributed by atoms with Crippen LogP contribution in [0.3, 0.4) is 0 Å². The van der Waals surface area contributed by atoms with E-state index in [4.69, 9.17) is 0 Å². The summed E-state index contributed by atoms with van der Waals surface area (Å²) in [7, 11) is 0. The summed E-state index contributed by atoms with van der Waals surface area (Å²) in [4.78, 5) is 22.8. The Hall–Kier alpha value is -3.03. The van der Waals surface area contributed by atoms with Crippen LogP contribution in [0.25, 0.3) is 11.4 Å². The maximum atomic E-state index is 11.6. The molecule has 128 valence electrons. The largest absolute Gasteiger partial charge is 0.502 e. The topological polar surface area (TPSA) is 121 Å². The van der Waals surface area contributed by atoms with Crippen molar-refractivity contribution >= 4 is 11.4 Å². The van der Waals surface area contributed by atoms with Crippen molar-refractivity contribution in [3.05, 3.63) is 44.2 Å². The Morgan fingerprint density at radius 3 is 2.56 bits per heavy atom. The predicted molar refractivity (Wildman–Crippen MR) is 91.7 cm³/mol. The molecule has 1 aliphatic rings. The number of anilines is 2. The molecule has 3 N–H and O–H groups in total. The van der Waals surface area contributed by atoms with E-state index in [1.165, 1.54) is 19.3 Å². The highest BCUT2D eigenvalue weighted by Crippen LogP contribution is 2.36. The van der Waals surface area contributed by atoms with Gasteiger partial charge in [-0.15, -0.1) is 10.2 Å². The molecule has 0 bridgehead atoms. The second kappa shape index (κ2) is 6.12. The number of rotatable bonds is 4. The van der Waals surface area contributed by atoms with E-state index in [-0.39, 0.29) is 5.69 Å². The van der Waals surface area contributed by atoms with Crippen LogP contribution < -0.4 is 16.2 Å². The van der Waals surface area contributed by atoms with Gasteiger partial charge in [-0.05, 0) is 47.7 Å². The Balaban J connectivity index is 1.73. The predicted octanol–water partition coefficient (Wildman–Crippen LogP) is 1.96. The van der Waals surface area contributed by atoms with Gasteiger partial charge in [0, 0.05) is 11.3 Å². The Bertz CT molecular complexity index is 967. The van der Waals surface area contributed by atoms with E-state index in [2.05, 4.69) is 25.9 Å². The van der Waals surface area contributed by atoms with Gasteiger partial charge in [-0.25, -0.2) is 0 Å². The lowest BCUT2D eigenvalue weighted by molar-refractivity contribution is 0.444. The van der Waals surface area contributed by atoms with Gasteiger partial charge in [-0.1, -0.05) is 19.3 Å². The first-order chi connectivity index (χ1) is 12.1. The Morgan fingerprint density at radius 2 is 1.88 bits per heavy atom. The van der Waals surface area contributed by atoms with Gasteiger partial charge >= 0.3 is 0 Å². The minimum atomic E-state index is -0.857.